The molecule has 0 unspecified atom stereocenters. The van der Waals surface area contributed by atoms with Gasteiger partial charge in [-0.15, -0.1) is 0 Å². The van der Waals surface area contributed by atoms with Crippen LogP contribution in [0.3, 0.4) is 0 Å². The Morgan fingerprint density at radius 3 is 2.34 bits per heavy atom. The van der Waals surface area contributed by atoms with E-state index in [1.54, 1.807) is 17.1 Å². The summed E-state index contributed by atoms with van der Waals surface area (Å²) < 4.78 is 5.73. The second kappa shape index (κ2) is 8.48. The molecule has 1 atom stereocenters. The van der Waals surface area contributed by atoms with Gasteiger partial charge in [0.25, 0.3) is 5.91 Å². The highest BCUT2D eigenvalue weighted by atomic mass is 16.5. The number of hydrogen-bond donors (Lipinski definition) is 2. The molecular weight excluding hydrogens is 366 g/mol. The molecule has 2 N–H and O–H groups in total. The van der Waals surface area contributed by atoms with Gasteiger partial charge in [-0.2, -0.15) is 0 Å². The molecule has 3 aromatic carbocycles. The normalized spacial score (nSPS) is 14.9. The number of ether oxygens (including phenoxy) is 1. The molecule has 4 rings (SSSR count). The van der Waals surface area contributed by atoms with Gasteiger partial charge in [0, 0.05) is 0 Å². The van der Waals surface area contributed by atoms with Gasteiger partial charge < -0.3 is 10.1 Å². The first-order valence-corrected chi connectivity index (χ1v) is 9.41. The Bertz CT molecular complexity index is 993. The van der Waals surface area contributed by atoms with E-state index in [0.717, 1.165) is 11.3 Å². The van der Waals surface area contributed by atoms with Gasteiger partial charge in [0.1, 0.15) is 5.75 Å². The average molecular weight is 387 g/mol. The van der Waals surface area contributed by atoms with Crippen molar-refractivity contribution in [2.24, 2.45) is 0 Å². The quantitative estimate of drug-likeness (QED) is 0.635. The molecule has 6 nitrogen and oxygen atoms in total. The lowest BCUT2D eigenvalue weighted by Crippen LogP contribution is -2.46. The first kappa shape index (κ1) is 18.6. The predicted molar refractivity (Wildman–Crippen MR) is 111 cm³/mol. The van der Waals surface area contributed by atoms with E-state index in [0.29, 0.717) is 18.0 Å². The Hall–Kier alpha value is -3.80. The second-order valence-corrected chi connectivity index (χ2v) is 6.74. The van der Waals surface area contributed by atoms with Crippen LogP contribution in [0.1, 0.15) is 12.0 Å². The second-order valence-electron chi connectivity index (χ2n) is 6.74. The lowest BCUT2D eigenvalue weighted by Gasteiger charge is -2.28. The summed E-state index contributed by atoms with van der Waals surface area (Å²) >= 11 is 0. The van der Waals surface area contributed by atoms with Gasteiger partial charge in [-0.25, -0.2) is 0 Å². The van der Waals surface area contributed by atoms with Crippen LogP contribution in [0.5, 0.6) is 5.75 Å². The summed E-state index contributed by atoms with van der Waals surface area (Å²) in [4.78, 5) is 25.0. The first-order valence-electron chi connectivity index (χ1n) is 9.41. The summed E-state index contributed by atoms with van der Waals surface area (Å²) in [5.41, 5.74) is 5.43. The molecule has 29 heavy (non-hydrogen) atoms. The molecule has 0 saturated heterocycles. The number of nitrogens with one attached hydrogen (secondary N) is 2. The minimum Gasteiger partial charge on any atom is -0.478 e. The maximum atomic E-state index is 12.7. The molecule has 1 aliphatic rings. The molecule has 0 spiro atoms. The SMILES string of the molecule is O=C(C[C@@H]1Oc2ccccc2NC1=O)NN(Cc1ccccc1)c1ccccc1. The van der Waals surface area contributed by atoms with Crippen molar-refractivity contribution in [1.82, 2.24) is 5.43 Å². The third-order valence-electron chi connectivity index (χ3n) is 4.59. The van der Waals surface area contributed by atoms with Gasteiger partial charge >= 0.3 is 0 Å². The summed E-state index contributed by atoms with van der Waals surface area (Å²) in [7, 11) is 0. The van der Waals surface area contributed by atoms with E-state index in [-0.39, 0.29) is 18.2 Å². The van der Waals surface area contributed by atoms with E-state index < -0.39 is 6.10 Å². The van der Waals surface area contributed by atoms with Crippen LogP contribution in [0.2, 0.25) is 0 Å². The Kier molecular flexibility index (Phi) is 5.42. The molecule has 0 radical (unpaired) electrons. The van der Waals surface area contributed by atoms with E-state index in [1.807, 2.05) is 72.8 Å². The number of anilines is 2. The fraction of sp³-hybridized carbons (Fsp3) is 0.130. The summed E-state index contributed by atoms with van der Waals surface area (Å²) in [6.07, 6.45) is -0.961. The molecule has 6 heteroatoms. The van der Waals surface area contributed by atoms with Gasteiger partial charge in [-0.05, 0) is 29.8 Å². The average Bonchev–Trinajstić information content (AvgIpc) is 2.75. The lowest BCUT2D eigenvalue weighted by atomic mass is 10.1. The van der Waals surface area contributed by atoms with Crippen LogP contribution >= 0.6 is 0 Å². The van der Waals surface area contributed by atoms with Crippen LogP contribution in [0.25, 0.3) is 0 Å². The van der Waals surface area contributed by atoms with Gasteiger partial charge in [-0.3, -0.25) is 20.0 Å². The Labute approximate surface area is 169 Å². The van der Waals surface area contributed by atoms with Crippen LogP contribution in [-0.2, 0) is 16.1 Å². The zero-order chi connectivity index (χ0) is 20.1. The van der Waals surface area contributed by atoms with Crippen molar-refractivity contribution in [3.63, 3.8) is 0 Å². The number of carbonyl (C=O) groups excluding carboxylic acids is 2. The number of amides is 2. The van der Waals surface area contributed by atoms with Crippen molar-refractivity contribution in [3.8, 4) is 5.75 Å². The fourth-order valence-corrected chi connectivity index (χ4v) is 3.16. The molecule has 0 fully saturated rings. The molecule has 1 heterocycles. The van der Waals surface area contributed by atoms with E-state index >= 15 is 0 Å². The van der Waals surface area contributed by atoms with Crippen LogP contribution < -0.4 is 20.5 Å². The smallest absolute Gasteiger partial charge is 0.266 e. The topological polar surface area (TPSA) is 70.7 Å². The number of rotatable bonds is 6. The highest BCUT2D eigenvalue weighted by molar-refractivity contribution is 6.00. The number of benzene rings is 3. The molecule has 0 aliphatic carbocycles. The number of hydrazine groups is 1. The zero-order valence-electron chi connectivity index (χ0n) is 15.7. The molecule has 3 aromatic rings. The van der Waals surface area contributed by atoms with Crippen LogP contribution in [0.4, 0.5) is 11.4 Å². The highest BCUT2D eigenvalue weighted by Crippen LogP contribution is 2.29. The molecule has 0 bridgehead atoms. The number of para-hydroxylation sites is 3. The molecule has 0 saturated carbocycles. The Morgan fingerprint density at radius 1 is 0.931 bits per heavy atom. The van der Waals surface area contributed by atoms with Crippen molar-refractivity contribution < 1.29 is 14.3 Å². The summed E-state index contributed by atoms with van der Waals surface area (Å²) in [5, 5.41) is 4.55. The van der Waals surface area contributed by atoms with Crippen LogP contribution in [-0.4, -0.2) is 17.9 Å². The maximum absolute atomic E-state index is 12.7. The third-order valence-corrected chi connectivity index (χ3v) is 4.59. The summed E-state index contributed by atoms with van der Waals surface area (Å²) in [5.74, 6) is -0.0633. The van der Waals surface area contributed by atoms with E-state index in [1.165, 1.54) is 0 Å². The number of nitrogens with zero attached hydrogens (tertiary/aromatic N) is 1. The van der Waals surface area contributed by atoms with E-state index in [9.17, 15) is 9.59 Å². The molecule has 1 aliphatic heterocycles. The molecule has 2 amide bonds. The molecule has 146 valence electrons. The van der Waals surface area contributed by atoms with Crippen molar-refractivity contribution in [1.29, 1.82) is 0 Å². The monoisotopic (exact) mass is 387 g/mol. The van der Waals surface area contributed by atoms with Crippen molar-refractivity contribution in [3.05, 3.63) is 90.5 Å². The highest BCUT2D eigenvalue weighted by Gasteiger charge is 2.30. The minimum atomic E-state index is -0.876. The van der Waals surface area contributed by atoms with Crippen molar-refractivity contribution in [2.45, 2.75) is 19.1 Å². The molecular formula is C23H21N3O3. The molecule has 0 aromatic heterocycles. The lowest BCUT2D eigenvalue weighted by molar-refractivity contribution is -0.130. The minimum absolute atomic E-state index is 0.0850. The Balaban J connectivity index is 1.46. The number of carbonyl (C=O) groups is 2. The van der Waals surface area contributed by atoms with Gasteiger partial charge in [0.2, 0.25) is 5.91 Å². The van der Waals surface area contributed by atoms with E-state index in [4.69, 9.17) is 4.74 Å². The van der Waals surface area contributed by atoms with Crippen LogP contribution in [0, 0.1) is 0 Å². The first-order chi connectivity index (χ1) is 14.2. The van der Waals surface area contributed by atoms with Gasteiger partial charge in [0.05, 0.1) is 24.3 Å². The Morgan fingerprint density at radius 2 is 1.59 bits per heavy atom. The largest absolute Gasteiger partial charge is 0.478 e. The van der Waals surface area contributed by atoms with Gasteiger partial charge in [-0.1, -0.05) is 60.7 Å². The maximum Gasteiger partial charge on any atom is 0.266 e. The van der Waals surface area contributed by atoms with Crippen molar-refractivity contribution >= 4 is 23.2 Å². The van der Waals surface area contributed by atoms with Crippen molar-refractivity contribution in [2.75, 3.05) is 10.3 Å². The van der Waals surface area contributed by atoms with Crippen LogP contribution in [0.15, 0.2) is 84.9 Å². The number of fused-ring (bicyclic) bond motifs is 1. The van der Waals surface area contributed by atoms with Gasteiger partial charge in [0.15, 0.2) is 6.10 Å². The standard InChI is InChI=1S/C23H21N3O3/c27-22(15-21-23(28)24-19-13-7-8-14-20(19)29-21)25-26(18-11-5-2-6-12-18)16-17-9-3-1-4-10-17/h1-14,21H,15-16H2,(H,24,28)(H,25,27)/t21-/m0/s1. The fourth-order valence-electron chi connectivity index (χ4n) is 3.16. The summed E-state index contributed by atoms with van der Waals surface area (Å²) in [6.45, 7) is 0.497. The summed E-state index contributed by atoms with van der Waals surface area (Å²) in [6, 6.07) is 26.6. The number of hydrogen-bond acceptors (Lipinski definition) is 4. The third kappa shape index (κ3) is 4.55. The predicted octanol–water partition coefficient (Wildman–Crippen LogP) is 3.51. The van der Waals surface area contributed by atoms with E-state index in [2.05, 4.69) is 10.7 Å². The zero-order valence-corrected chi connectivity index (χ0v) is 15.7.